The van der Waals surface area contributed by atoms with Crippen molar-refractivity contribution in [3.63, 3.8) is 0 Å². The van der Waals surface area contributed by atoms with E-state index >= 15 is 0 Å². The lowest BCUT2D eigenvalue weighted by molar-refractivity contribution is -0.138. The minimum atomic E-state index is -4.52. The van der Waals surface area contributed by atoms with E-state index in [1.165, 1.54) is 12.1 Å². The van der Waals surface area contributed by atoms with Gasteiger partial charge in [0.25, 0.3) is 0 Å². The summed E-state index contributed by atoms with van der Waals surface area (Å²) >= 11 is 0. The van der Waals surface area contributed by atoms with Gasteiger partial charge >= 0.3 is 12.1 Å². The van der Waals surface area contributed by atoms with E-state index in [1.807, 2.05) is 0 Å². The highest BCUT2D eigenvalue weighted by Crippen LogP contribution is 2.33. The van der Waals surface area contributed by atoms with Crippen LogP contribution in [0.3, 0.4) is 0 Å². The van der Waals surface area contributed by atoms with Crippen molar-refractivity contribution in [2.45, 2.75) is 13.1 Å². The van der Waals surface area contributed by atoms with Crippen LogP contribution in [-0.2, 0) is 15.7 Å². The molecule has 18 heavy (non-hydrogen) atoms. The zero-order valence-electron chi connectivity index (χ0n) is 9.62. The van der Waals surface area contributed by atoms with E-state index in [2.05, 4.69) is 4.74 Å². The minimum absolute atomic E-state index is 0.00982. The Labute approximate surface area is 102 Å². The zero-order valence-corrected chi connectivity index (χ0v) is 9.62. The number of hydrogen-bond donors (Lipinski definition) is 1. The molecule has 0 aromatic heterocycles. The van der Waals surface area contributed by atoms with Gasteiger partial charge in [0.15, 0.2) is 0 Å². The van der Waals surface area contributed by atoms with E-state index in [0.717, 1.165) is 18.2 Å². The van der Waals surface area contributed by atoms with E-state index in [9.17, 15) is 18.0 Å². The van der Waals surface area contributed by atoms with Gasteiger partial charge in [-0.1, -0.05) is 6.07 Å². The molecule has 0 unspecified atom stereocenters. The maximum atomic E-state index is 12.7. The fourth-order valence-electron chi connectivity index (χ4n) is 1.31. The first-order chi connectivity index (χ1) is 8.34. The number of benzene rings is 1. The second-order valence-corrected chi connectivity index (χ2v) is 3.43. The molecule has 0 fully saturated rings. The molecular weight excluding hydrogens is 247 g/mol. The summed E-state index contributed by atoms with van der Waals surface area (Å²) < 4.78 is 42.7. The maximum absolute atomic E-state index is 12.7. The summed E-state index contributed by atoms with van der Waals surface area (Å²) in [5, 5.41) is 0. The fourth-order valence-corrected chi connectivity index (χ4v) is 1.31. The van der Waals surface area contributed by atoms with Crippen LogP contribution in [0.25, 0.3) is 6.08 Å². The smallest absolute Gasteiger partial charge is 0.417 e. The first-order valence-corrected chi connectivity index (χ1v) is 5.16. The van der Waals surface area contributed by atoms with Gasteiger partial charge in [-0.3, -0.25) is 0 Å². The molecule has 0 bridgehead atoms. The maximum Gasteiger partial charge on any atom is 0.417 e. The summed E-state index contributed by atoms with van der Waals surface area (Å²) in [7, 11) is 0. The number of ether oxygens (including phenoxy) is 1. The number of nitrogens with two attached hydrogens (primary N) is 1. The van der Waals surface area contributed by atoms with E-state index in [4.69, 9.17) is 5.73 Å². The molecule has 0 atom stereocenters. The van der Waals surface area contributed by atoms with Crippen molar-refractivity contribution in [3.8, 4) is 0 Å². The molecule has 1 aromatic rings. The lowest BCUT2D eigenvalue weighted by Gasteiger charge is -2.10. The lowest BCUT2D eigenvalue weighted by Crippen LogP contribution is -2.08. The molecule has 2 N–H and O–H groups in total. The molecule has 0 saturated heterocycles. The number of carbonyl (C=O) groups excluding carboxylic acids is 1. The Morgan fingerprint density at radius 3 is 2.67 bits per heavy atom. The van der Waals surface area contributed by atoms with E-state index in [1.54, 1.807) is 6.92 Å². The Bertz CT molecular complexity index is 467. The number of carbonyl (C=O) groups is 1. The number of esters is 1. The van der Waals surface area contributed by atoms with E-state index in [0.29, 0.717) is 0 Å². The quantitative estimate of drug-likeness (QED) is 0.516. The predicted molar refractivity (Wildman–Crippen MR) is 61.5 cm³/mol. The first-order valence-electron chi connectivity index (χ1n) is 5.16. The van der Waals surface area contributed by atoms with Gasteiger partial charge < -0.3 is 10.5 Å². The van der Waals surface area contributed by atoms with Crippen LogP contribution in [0.2, 0.25) is 0 Å². The topological polar surface area (TPSA) is 52.3 Å². The molecule has 6 heteroatoms. The van der Waals surface area contributed by atoms with Crippen molar-refractivity contribution in [2.24, 2.45) is 0 Å². The Hall–Kier alpha value is -1.98. The summed E-state index contributed by atoms with van der Waals surface area (Å²) in [4.78, 5) is 11.0. The van der Waals surface area contributed by atoms with E-state index < -0.39 is 17.7 Å². The second kappa shape index (κ2) is 5.57. The van der Waals surface area contributed by atoms with Crippen LogP contribution in [0.4, 0.5) is 18.9 Å². The van der Waals surface area contributed by atoms with Crippen molar-refractivity contribution < 1.29 is 22.7 Å². The van der Waals surface area contributed by atoms with Crippen molar-refractivity contribution >= 4 is 17.7 Å². The molecular formula is C12H12F3NO2. The van der Waals surface area contributed by atoms with Crippen LogP contribution in [0.1, 0.15) is 18.1 Å². The molecule has 1 aromatic carbocycles. The van der Waals surface area contributed by atoms with Crippen LogP contribution in [0.15, 0.2) is 24.3 Å². The Balaban J connectivity index is 3.06. The fraction of sp³-hybridized carbons (Fsp3) is 0.250. The van der Waals surface area contributed by atoms with Crippen molar-refractivity contribution in [3.05, 3.63) is 35.4 Å². The number of halogens is 3. The van der Waals surface area contributed by atoms with Crippen LogP contribution in [0, 0.1) is 0 Å². The van der Waals surface area contributed by atoms with Crippen LogP contribution in [0.5, 0.6) is 0 Å². The number of rotatable bonds is 3. The van der Waals surface area contributed by atoms with Gasteiger partial charge in [0.1, 0.15) is 0 Å². The summed E-state index contributed by atoms with van der Waals surface area (Å²) in [5.74, 6) is -0.692. The van der Waals surface area contributed by atoms with Crippen molar-refractivity contribution in [2.75, 3.05) is 12.3 Å². The Morgan fingerprint density at radius 2 is 2.11 bits per heavy atom. The van der Waals surface area contributed by atoms with Crippen molar-refractivity contribution in [1.82, 2.24) is 0 Å². The van der Waals surface area contributed by atoms with Gasteiger partial charge in [-0.2, -0.15) is 13.2 Å². The molecule has 0 heterocycles. The van der Waals surface area contributed by atoms with Gasteiger partial charge in [-0.05, 0) is 30.7 Å². The predicted octanol–water partition coefficient (Wildman–Crippen LogP) is 2.86. The lowest BCUT2D eigenvalue weighted by atomic mass is 10.1. The van der Waals surface area contributed by atoms with Gasteiger partial charge in [-0.25, -0.2) is 4.79 Å². The summed E-state index contributed by atoms with van der Waals surface area (Å²) in [6, 6.07) is 3.36. The second-order valence-electron chi connectivity index (χ2n) is 3.43. The molecule has 0 aliphatic rings. The molecule has 3 nitrogen and oxygen atoms in total. The molecule has 0 amide bonds. The highest BCUT2D eigenvalue weighted by atomic mass is 19.4. The third-order valence-corrected chi connectivity index (χ3v) is 2.07. The average molecular weight is 259 g/mol. The summed E-state index contributed by atoms with van der Waals surface area (Å²) in [6.07, 6.45) is -2.52. The number of hydrogen-bond acceptors (Lipinski definition) is 3. The molecule has 1 rings (SSSR count). The first kappa shape index (κ1) is 14.1. The van der Waals surface area contributed by atoms with Gasteiger partial charge in [0.05, 0.1) is 12.2 Å². The van der Waals surface area contributed by atoms with Crippen LogP contribution < -0.4 is 5.73 Å². The monoisotopic (exact) mass is 259 g/mol. The molecule has 98 valence electrons. The number of nitrogen functional groups attached to an aromatic ring is 1. The molecule has 0 aliphatic carbocycles. The average Bonchev–Trinajstić information content (AvgIpc) is 2.26. The number of alkyl halides is 3. The van der Waals surface area contributed by atoms with Gasteiger partial charge in [0, 0.05) is 11.8 Å². The van der Waals surface area contributed by atoms with Crippen LogP contribution in [-0.4, -0.2) is 12.6 Å². The third kappa shape index (κ3) is 3.80. The minimum Gasteiger partial charge on any atom is -0.463 e. The van der Waals surface area contributed by atoms with Crippen LogP contribution >= 0.6 is 0 Å². The highest BCUT2D eigenvalue weighted by molar-refractivity contribution is 5.87. The standard InChI is InChI=1S/C12H12F3NO2/c1-2-18-11(17)6-4-8-3-5-9(16)7-10(8)12(13,14)15/h3-7H,2,16H2,1H3. The summed E-state index contributed by atoms with van der Waals surface area (Å²) in [5.41, 5.74) is 4.30. The van der Waals surface area contributed by atoms with Crippen molar-refractivity contribution in [1.29, 1.82) is 0 Å². The zero-order chi connectivity index (χ0) is 13.8. The van der Waals surface area contributed by atoms with Gasteiger partial charge in [0.2, 0.25) is 0 Å². The number of anilines is 1. The Kier molecular flexibility index (Phi) is 4.36. The molecule has 0 radical (unpaired) electrons. The Morgan fingerprint density at radius 1 is 1.44 bits per heavy atom. The molecule has 0 spiro atoms. The molecule has 0 aliphatic heterocycles. The normalized spacial score (nSPS) is 11.8. The highest BCUT2D eigenvalue weighted by Gasteiger charge is 2.32. The largest absolute Gasteiger partial charge is 0.463 e. The third-order valence-electron chi connectivity index (χ3n) is 2.07. The molecule has 0 saturated carbocycles. The SMILES string of the molecule is CCOC(=O)C=Cc1ccc(N)cc1C(F)(F)F. The van der Waals surface area contributed by atoms with E-state index in [-0.39, 0.29) is 17.9 Å². The van der Waals surface area contributed by atoms with Gasteiger partial charge in [-0.15, -0.1) is 0 Å². The summed E-state index contributed by atoms with van der Waals surface area (Å²) in [6.45, 7) is 1.77.